The van der Waals surface area contributed by atoms with E-state index in [1.807, 2.05) is 18.7 Å². The number of hydrogen-bond acceptors (Lipinski definition) is 5. The number of aromatic nitrogens is 1. The Balaban J connectivity index is 1.55. The number of hydrogen-bond donors (Lipinski definition) is 2. The molecule has 0 unspecified atom stereocenters. The molecule has 2 N–H and O–H groups in total. The maximum Gasteiger partial charge on any atom is 0.321 e. The molecular weight excluding hydrogens is 326 g/mol. The van der Waals surface area contributed by atoms with Crippen molar-refractivity contribution in [2.45, 2.75) is 45.7 Å². The van der Waals surface area contributed by atoms with Gasteiger partial charge in [-0.2, -0.15) is 0 Å². The van der Waals surface area contributed by atoms with Crippen LogP contribution in [-0.2, 0) is 17.8 Å². The molecule has 3 amide bonds. The minimum Gasteiger partial charge on any atom is -0.342 e. The molecule has 0 saturated carbocycles. The zero-order chi connectivity index (χ0) is 17.1. The summed E-state index contributed by atoms with van der Waals surface area (Å²) in [5, 5.41) is 6.22. The van der Waals surface area contributed by atoms with Crippen LogP contribution in [0.4, 0.5) is 9.93 Å². The van der Waals surface area contributed by atoms with E-state index >= 15 is 0 Å². The Morgan fingerprint density at radius 2 is 2.00 bits per heavy atom. The van der Waals surface area contributed by atoms with Crippen molar-refractivity contribution in [1.29, 1.82) is 0 Å². The van der Waals surface area contributed by atoms with Crippen molar-refractivity contribution in [3.8, 4) is 0 Å². The second kappa shape index (κ2) is 7.48. The minimum absolute atomic E-state index is 0.0895. The fraction of sp³-hybridized carbons (Fsp3) is 0.688. The highest BCUT2D eigenvalue weighted by atomic mass is 32.1. The Kier molecular flexibility index (Phi) is 5.35. The molecule has 8 heteroatoms. The number of carbonyl (C=O) groups is 2. The summed E-state index contributed by atoms with van der Waals surface area (Å²) in [6.07, 6.45) is 3.07. The van der Waals surface area contributed by atoms with Crippen LogP contribution in [0, 0.1) is 0 Å². The first kappa shape index (κ1) is 17.2. The van der Waals surface area contributed by atoms with Crippen molar-refractivity contribution < 1.29 is 9.59 Å². The Morgan fingerprint density at radius 3 is 2.71 bits per heavy atom. The lowest BCUT2D eigenvalue weighted by atomic mass is 10.2. The largest absolute Gasteiger partial charge is 0.342 e. The highest BCUT2D eigenvalue weighted by Crippen LogP contribution is 2.28. The molecule has 3 heterocycles. The Hall–Kier alpha value is -1.67. The quantitative estimate of drug-likeness (QED) is 0.865. The smallest absolute Gasteiger partial charge is 0.321 e. The zero-order valence-corrected chi connectivity index (χ0v) is 15.1. The van der Waals surface area contributed by atoms with Crippen LogP contribution in [0.2, 0.25) is 0 Å². The number of amides is 3. The fourth-order valence-corrected chi connectivity index (χ4v) is 4.14. The van der Waals surface area contributed by atoms with Gasteiger partial charge in [-0.15, -0.1) is 11.3 Å². The number of fused-ring (bicyclic) bond motifs is 1. The van der Waals surface area contributed by atoms with Crippen LogP contribution in [0.3, 0.4) is 0 Å². The van der Waals surface area contributed by atoms with Gasteiger partial charge in [-0.3, -0.25) is 15.0 Å². The van der Waals surface area contributed by atoms with Gasteiger partial charge in [0.2, 0.25) is 5.91 Å². The third-order valence-electron chi connectivity index (χ3n) is 4.27. The molecule has 1 aromatic heterocycles. The normalized spacial score (nSPS) is 17.9. The van der Waals surface area contributed by atoms with Gasteiger partial charge >= 0.3 is 6.03 Å². The van der Waals surface area contributed by atoms with Crippen LogP contribution in [0.15, 0.2) is 0 Å². The third-order valence-corrected chi connectivity index (χ3v) is 5.27. The molecule has 0 bridgehead atoms. The molecule has 24 heavy (non-hydrogen) atoms. The second-order valence-corrected chi connectivity index (χ2v) is 7.77. The number of likely N-dealkylation sites (tertiary alicyclic amines) is 1. The van der Waals surface area contributed by atoms with E-state index < -0.39 is 0 Å². The van der Waals surface area contributed by atoms with Gasteiger partial charge in [0.25, 0.3) is 0 Å². The van der Waals surface area contributed by atoms with E-state index in [1.54, 1.807) is 0 Å². The summed E-state index contributed by atoms with van der Waals surface area (Å²) in [7, 11) is 0. The Bertz CT molecular complexity index is 610. The fourth-order valence-electron chi connectivity index (χ4n) is 3.09. The lowest BCUT2D eigenvalue weighted by Crippen LogP contribution is -2.40. The maximum absolute atomic E-state index is 12.3. The van der Waals surface area contributed by atoms with E-state index in [0.29, 0.717) is 11.7 Å². The average Bonchev–Trinajstić information content (AvgIpc) is 3.14. The standard InChI is InChI=1S/C16H25N5O2S/c1-11(2)17-15(23)19-16-18-12-5-8-20(9-13(12)24-16)10-14(22)21-6-3-4-7-21/h11H,3-10H2,1-2H3,(H2,17,18,19,23). The van der Waals surface area contributed by atoms with Crippen LogP contribution in [0.25, 0.3) is 0 Å². The third kappa shape index (κ3) is 4.24. The zero-order valence-electron chi connectivity index (χ0n) is 14.3. The molecule has 0 aliphatic carbocycles. The van der Waals surface area contributed by atoms with E-state index in [1.165, 1.54) is 11.3 Å². The van der Waals surface area contributed by atoms with Crippen LogP contribution in [-0.4, -0.2) is 58.9 Å². The minimum atomic E-state index is -0.225. The van der Waals surface area contributed by atoms with Crippen LogP contribution >= 0.6 is 11.3 Å². The number of urea groups is 1. The summed E-state index contributed by atoms with van der Waals surface area (Å²) in [6, 6.07) is -0.135. The maximum atomic E-state index is 12.3. The second-order valence-electron chi connectivity index (χ2n) is 6.69. The van der Waals surface area contributed by atoms with Gasteiger partial charge in [0.05, 0.1) is 12.2 Å². The predicted molar refractivity (Wildman–Crippen MR) is 94.2 cm³/mol. The number of thiazole rings is 1. The molecule has 1 aromatic rings. The van der Waals surface area contributed by atoms with Crippen molar-refractivity contribution >= 4 is 28.4 Å². The van der Waals surface area contributed by atoms with Gasteiger partial charge in [0, 0.05) is 43.5 Å². The number of carbonyl (C=O) groups excluding carboxylic acids is 2. The lowest BCUT2D eigenvalue weighted by molar-refractivity contribution is -0.131. The van der Waals surface area contributed by atoms with Crippen molar-refractivity contribution in [3.63, 3.8) is 0 Å². The molecule has 0 atom stereocenters. The molecule has 2 aliphatic heterocycles. The first-order valence-corrected chi connectivity index (χ1v) is 9.39. The molecule has 3 rings (SSSR count). The van der Waals surface area contributed by atoms with Crippen molar-refractivity contribution in [2.75, 3.05) is 31.5 Å². The van der Waals surface area contributed by atoms with Crippen molar-refractivity contribution in [2.24, 2.45) is 0 Å². The molecule has 2 aliphatic rings. The lowest BCUT2D eigenvalue weighted by Gasteiger charge is -2.27. The molecule has 1 saturated heterocycles. The van der Waals surface area contributed by atoms with Crippen molar-refractivity contribution in [1.82, 2.24) is 20.1 Å². The van der Waals surface area contributed by atoms with E-state index in [4.69, 9.17) is 0 Å². The molecule has 0 aromatic carbocycles. The predicted octanol–water partition coefficient (Wildman–Crippen LogP) is 1.65. The molecule has 7 nitrogen and oxygen atoms in total. The summed E-state index contributed by atoms with van der Waals surface area (Å²) in [5.41, 5.74) is 1.05. The monoisotopic (exact) mass is 351 g/mol. The summed E-state index contributed by atoms with van der Waals surface area (Å²) in [5.74, 6) is 0.232. The molecular formula is C16H25N5O2S. The summed E-state index contributed by atoms with van der Waals surface area (Å²) in [6.45, 7) is 7.69. The van der Waals surface area contributed by atoms with Gasteiger partial charge in [-0.05, 0) is 26.7 Å². The van der Waals surface area contributed by atoms with E-state index in [-0.39, 0.29) is 18.0 Å². The van der Waals surface area contributed by atoms with Crippen LogP contribution < -0.4 is 10.6 Å². The molecule has 1 fully saturated rings. The number of rotatable bonds is 4. The average molecular weight is 351 g/mol. The van der Waals surface area contributed by atoms with Gasteiger partial charge < -0.3 is 10.2 Å². The Morgan fingerprint density at radius 1 is 1.25 bits per heavy atom. The molecule has 0 radical (unpaired) electrons. The molecule has 132 valence electrons. The highest BCUT2D eigenvalue weighted by molar-refractivity contribution is 7.15. The number of anilines is 1. The van der Waals surface area contributed by atoms with E-state index in [9.17, 15) is 9.59 Å². The first-order valence-electron chi connectivity index (χ1n) is 8.57. The summed E-state index contributed by atoms with van der Waals surface area (Å²) < 4.78 is 0. The topological polar surface area (TPSA) is 77.6 Å². The van der Waals surface area contributed by atoms with Gasteiger partial charge in [0.1, 0.15) is 0 Å². The van der Waals surface area contributed by atoms with Gasteiger partial charge in [0.15, 0.2) is 5.13 Å². The molecule has 0 spiro atoms. The van der Waals surface area contributed by atoms with E-state index in [2.05, 4.69) is 20.5 Å². The number of nitrogens with one attached hydrogen (secondary N) is 2. The summed E-state index contributed by atoms with van der Waals surface area (Å²) >= 11 is 1.50. The van der Waals surface area contributed by atoms with Crippen molar-refractivity contribution in [3.05, 3.63) is 10.6 Å². The van der Waals surface area contributed by atoms with E-state index in [0.717, 1.165) is 56.0 Å². The van der Waals surface area contributed by atoms with Gasteiger partial charge in [-0.1, -0.05) is 0 Å². The highest BCUT2D eigenvalue weighted by Gasteiger charge is 2.25. The van der Waals surface area contributed by atoms with Crippen LogP contribution in [0.1, 0.15) is 37.3 Å². The van der Waals surface area contributed by atoms with Gasteiger partial charge in [-0.25, -0.2) is 9.78 Å². The van der Waals surface area contributed by atoms with Crippen LogP contribution in [0.5, 0.6) is 0 Å². The first-order chi connectivity index (χ1) is 11.5. The number of nitrogens with zero attached hydrogens (tertiary/aromatic N) is 3. The Labute approximate surface area is 146 Å². The SMILES string of the molecule is CC(C)NC(=O)Nc1nc2c(s1)CN(CC(=O)N1CCCC1)CC2. The summed E-state index contributed by atoms with van der Waals surface area (Å²) in [4.78, 5) is 33.9.